The molecule has 0 saturated carbocycles. The number of carbonyl (C=O) groups excluding carboxylic acids is 1. The average Bonchev–Trinajstić information content (AvgIpc) is 2.40. The fourth-order valence-corrected chi connectivity index (χ4v) is 2.56. The Kier molecular flexibility index (Phi) is 4.48. The van der Waals surface area contributed by atoms with Crippen LogP contribution in [0.5, 0.6) is 0 Å². The molecule has 0 aliphatic carbocycles. The van der Waals surface area contributed by atoms with E-state index in [2.05, 4.69) is 20.9 Å². The van der Waals surface area contributed by atoms with Crippen molar-refractivity contribution < 1.29 is 18.0 Å². The molecule has 0 N–H and O–H groups in total. The molecule has 0 spiro atoms. The van der Waals surface area contributed by atoms with Crippen molar-refractivity contribution >= 4 is 44.3 Å². The third-order valence-electron chi connectivity index (χ3n) is 2.54. The normalized spacial score (nSPS) is 11.4. The molecule has 0 fully saturated rings. The van der Waals surface area contributed by atoms with Gasteiger partial charge in [0.15, 0.2) is 5.78 Å². The first-order chi connectivity index (χ1) is 9.30. The van der Waals surface area contributed by atoms with Crippen molar-refractivity contribution in [2.75, 3.05) is 0 Å². The first kappa shape index (κ1) is 15.4. The van der Waals surface area contributed by atoms with Crippen molar-refractivity contribution in [2.24, 2.45) is 0 Å². The van der Waals surface area contributed by atoms with E-state index in [1.165, 1.54) is 6.07 Å². The average molecular weight is 456 g/mol. The first-order valence-electron chi connectivity index (χ1n) is 5.31. The highest BCUT2D eigenvalue weighted by atomic mass is 127. The van der Waals surface area contributed by atoms with Crippen molar-refractivity contribution in [3.8, 4) is 0 Å². The van der Waals surface area contributed by atoms with Gasteiger partial charge in [-0.15, -0.1) is 0 Å². The van der Waals surface area contributed by atoms with E-state index in [-0.39, 0.29) is 5.56 Å². The smallest absolute Gasteiger partial charge is 0.288 e. The van der Waals surface area contributed by atoms with Crippen LogP contribution in [0.1, 0.15) is 21.5 Å². The third-order valence-corrected chi connectivity index (χ3v) is 3.91. The molecule has 0 bridgehead atoms. The van der Waals surface area contributed by atoms with Gasteiger partial charge in [-0.05, 0) is 46.9 Å². The maximum absolute atomic E-state index is 12.9. The van der Waals surface area contributed by atoms with Crippen LogP contribution in [0.3, 0.4) is 0 Å². The van der Waals surface area contributed by atoms with E-state index < -0.39 is 23.1 Å². The zero-order valence-corrected chi connectivity index (χ0v) is 13.5. The van der Waals surface area contributed by atoms with Gasteiger partial charge in [0.1, 0.15) is 0 Å². The zero-order chi connectivity index (χ0) is 14.9. The quantitative estimate of drug-likeness (QED) is 0.485. The Morgan fingerprint density at radius 1 is 1.20 bits per heavy atom. The largest absolute Gasteiger partial charge is 0.417 e. The van der Waals surface area contributed by atoms with Crippen LogP contribution in [-0.4, -0.2) is 10.8 Å². The topological polar surface area (TPSA) is 30.0 Å². The molecule has 2 nitrogen and oxygen atoms in total. The van der Waals surface area contributed by atoms with Crippen LogP contribution in [-0.2, 0) is 6.18 Å². The Morgan fingerprint density at radius 2 is 1.90 bits per heavy atom. The predicted molar refractivity (Wildman–Crippen MR) is 79.5 cm³/mol. The van der Waals surface area contributed by atoms with Crippen LogP contribution in [0.2, 0.25) is 0 Å². The molecule has 2 aromatic rings. The Labute approximate surface area is 134 Å². The van der Waals surface area contributed by atoms with E-state index >= 15 is 0 Å². The van der Waals surface area contributed by atoms with E-state index in [1.807, 2.05) is 22.6 Å². The Morgan fingerprint density at radius 3 is 2.55 bits per heavy atom. The molecule has 1 aromatic heterocycles. The summed E-state index contributed by atoms with van der Waals surface area (Å²) in [5, 5.41) is 0. The zero-order valence-electron chi connectivity index (χ0n) is 9.71. The lowest BCUT2D eigenvalue weighted by Crippen LogP contribution is -2.14. The summed E-state index contributed by atoms with van der Waals surface area (Å²) in [6.45, 7) is 0. The monoisotopic (exact) mass is 455 g/mol. The van der Waals surface area contributed by atoms with Gasteiger partial charge >= 0.3 is 6.18 Å². The van der Waals surface area contributed by atoms with Gasteiger partial charge in [-0.3, -0.25) is 9.78 Å². The standard InChI is InChI=1S/C13H6BrF3INO/c14-11-2-1-7(18)5-8(11)12(20)9-6-19-4-3-10(9)13(15,16)17/h1-6H. The molecule has 104 valence electrons. The van der Waals surface area contributed by atoms with Gasteiger partial charge in [-0.2, -0.15) is 13.2 Å². The van der Waals surface area contributed by atoms with Crippen LogP contribution in [0.25, 0.3) is 0 Å². The number of hydrogen-bond donors (Lipinski definition) is 0. The summed E-state index contributed by atoms with van der Waals surface area (Å²) in [5.74, 6) is -0.712. The second kappa shape index (κ2) is 5.80. The summed E-state index contributed by atoms with van der Waals surface area (Å²) in [5.41, 5.74) is -1.26. The van der Waals surface area contributed by atoms with Crippen molar-refractivity contribution in [1.29, 1.82) is 0 Å². The lowest BCUT2D eigenvalue weighted by Gasteiger charge is -2.12. The van der Waals surface area contributed by atoms with Crippen molar-refractivity contribution in [2.45, 2.75) is 6.18 Å². The van der Waals surface area contributed by atoms with Crippen LogP contribution in [0.4, 0.5) is 13.2 Å². The van der Waals surface area contributed by atoms with Crippen LogP contribution < -0.4 is 0 Å². The maximum Gasteiger partial charge on any atom is 0.417 e. The first-order valence-corrected chi connectivity index (χ1v) is 7.19. The van der Waals surface area contributed by atoms with Crippen molar-refractivity contribution in [1.82, 2.24) is 4.98 Å². The Hall–Kier alpha value is -0.960. The molecule has 0 unspecified atom stereocenters. The molecular formula is C13H6BrF3INO. The lowest BCUT2D eigenvalue weighted by molar-refractivity contribution is -0.137. The summed E-state index contributed by atoms with van der Waals surface area (Å²) >= 11 is 5.17. The van der Waals surface area contributed by atoms with Gasteiger partial charge in [0.25, 0.3) is 0 Å². The summed E-state index contributed by atoms with van der Waals surface area (Å²) in [6, 6.07) is 5.70. The highest BCUT2D eigenvalue weighted by Gasteiger charge is 2.35. The molecule has 0 radical (unpaired) electrons. The molecule has 2 rings (SSSR count). The third kappa shape index (κ3) is 3.20. The van der Waals surface area contributed by atoms with E-state index in [0.29, 0.717) is 4.47 Å². The number of benzene rings is 1. The molecule has 0 aliphatic rings. The van der Waals surface area contributed by atoms with Gasteiger partial charge in [0.05, 0.1) is 11.1 Å². The molecule has 1 heterocycles. The number of rotatable bonds is 2. The minimum Gasteiger partial charge on any atom is -0.288 e. The van der Waals surface area contributed by atoms with E-state index in [9.17, 15) is 18.0 Å². The fourth-order valence-electron chi connectivity index (χ4n) is 1.64. The molecule has 1 aromatic carbocycles. The minimum absolute atomic E-state index is 0.176. The van der Waals surface area contributed by atoms with Crippen molar-refractivity contribution in [3.63, 3.8) is 0 Å². The van der Waals surface area contributed by atoms with E-state index in [1.54, 1.807) is 12.1 Å². The number of hydrogen-bond acceptors (Lipinski definition) is 2. The summed E-state index contributed by atoms with van der Waals surface area (Å²) in [6.07, 6.45) is -2.64. The summed E-state index contributed by atoms with van der Waals surface area (Å²) in [7, 11) is 0. The Bertz CT molecular complexity index is 673. The number of carbonyl (C=O) groups is 1. The summed E-state index contributed by atoms with van der Waals surface area (Å²) < 4.78 is 39.9. The van der Waals surface area contributed by atoms with Gasteiger partial charge in [-0.1, -0.05) is 15.9 Å². The highest BCUT2D eigenvalue weighted by molar-refractivity contribution is 14.1. The van der Waals surface area contributed by atoms with E-state index in [4.69, 9.17) is 0 Å². The van der Waals surface area contributed by atoms with E-state index in [0.717, 1.165) is 22.0 Å². The second-order valence-electron chi connectivity index (χ2n) is 3.87. The van der Waals surface area contributed by atoms with Gasteiger partial charge in [-0.25, -0.2) is 0 Å². The molecular weight excluding hydrogens is 450 g/mol. The number of aromatic nitrogens is 1. The molecule has 7 heteroatoms. The maximum atomic E-state index is 12.9. The fraction of sp³-hybridized carbons (Fsp3) is 0.0769. The number of pyridine rings is 1. The van der Waals surface area contributed by atoms with Gasteiger partial charge < -0.3 is 0 Å². The number of nitrogens with zero attached hydrogens (tertiary/aromatic N) is 1. The molecule has 20 heavy (non-hydrogen) atoms. The molecule has 0 aliphatic heterocycles. The summed E-state index contributed by atoms with van der Waals surface area (Å²) in [4.78, 5) is 15.9. The number of halogens is 5. The molecule has 0 atom stereocenters. The lowest BCUT2D eigenvalue weighted by atomic mass is 10.0. The Balaban J connectivity index is 2.57. The van der Waals surface area contributed by atoms with Crippen molar-refractivity contribution in [3.05, 3.63) is 61.4 Å². The van der Waals surface area contributed by atoms with Crippen LogP contribution >= 0.6 is 38.5 Å². The second-order valence-corrected chi connectivity index (χ2v) is 5.97. The SMILES string of the molecule is O=C(c1cc(I)ccc1Br)c1cnccc1C(F)(F)F. The van der Waals surface area contributed by atoms with Crippen LogP contribution in [0, 0.1) is 3.57 Å². The van der Waals surface area contributed by atoms with Gasteiger partial charge in [0.2, 0.25) is 0 Å². The highest BCUT2D eigenvalue weighted by Crippen LogP contribution is 2.33. The number of ketones is 1. The molecule has 0 amide bonds. The minimum atomic E-state index is -4.59. The van der Waals surface area contributed by atoms with Crippen LogP contribution in [0.15, 0.2) is 41.1 Å². The number of alkyl halides is 3. The van der Waals surface area contributed by atoms with Gasteiger partial charge in [0, 0.05) is 26.0 Å². The molecule has 0 saturated heterocycles. The predicted octanol–water partition coefficient (Wildman–Crippen LogP) is 4.70.